The first-order chi connectivity index (χ1) is 26.6. The molecule has 4 aromatic rings. The van der Waals surface area contributed by atoms with Crippen LogP contribution in [-0.4, -0.2) is 111 Å². The molecule has 0 radical (unpaired) electrons. The number of nitrogens with zero attached hydrogens (tertiary/aromatic N) is 5. The maximum atomic E-state index is 17.3. The van der Waals surface area contributed by atoms with Crippen LogP contribution in [0.25, 0.3) is 32.9 Å². The SMILES string of the molecule is C#Cc1c(F)ccc2cc(O)cc(-c3nc(OC)c4c(N5CCOC[C@@](C)(O)C5)nc(OC[C@]56CCC[C@H]5N(C5CC(O)(C(F)(F)F)C5)CCC6)nc4c3F)c12. The molecule has 0 spiro atoms. The average Bonchev–Trinajstić information content (AvgIpc) is 3.49. The van der Waals surface area contributed by atoms with Gasteiger partial charge in [-0.25, -0.2) is 13.8 Å². The summed E-state index contributed by atoms with van der Waals surface area (Å²) in [6.07, 6.45) is 4.02. The van der Waals surface area contributed by atoms with Crippen molar-refractivity contribution in [3.63, 3.8) is 0 Å². The smallest absolute Gasteiger partial charge is 0.417 e. The molecule has 298 valence electrons. The number of alkyl halides is 3. The first-order valence-electron chi connectivity index (χ1n) is 18.7. The number of phenolic OH excluding ortho intramolecular Hbond substituents is 1. The van der Waals surface area contributed by atoms with E-state index < -0.39 is 40.5 Å². The van der Waals surface area contributed by atoms with Gasteiger partial charge in [0.05, 0.1) is 39.0 Å². The van der Waals surface area contributed by atoms with Crippen molar-refractivity contribution >= 4 is 27.5 Å². The highest BCUT2D eigenvalue weighted by Gasteiger charge is 2.64. The Balaban J connectivity index is 1.23. The molecule has 2 aromatic heterocycles. The van der Waals surface area contributed by atoms with E-state index in [9.17, 15) is 28.5 Å². The van der Waals surface area contributed by atoms with Crippen molar-refractivity contribution in [2.75, 3.05) is 51.5 Å². The lowest BCUT2D eigenvalue weighted by molar-refractivity contribution is -0.303. The monoisotopic (exact) mass is 783 g/mol. The molecule has 11 nitrogen and oxygen atoms in total. The number of benzene rings is 2. The van der Waals surface area contributed by atoms with Crippen LogP contribution in [-0.2, 0) is 4.74 Å². The second kappa shape index (κ2) is 13.8. The number of hydrogen-bond acceptors (Lipinski definition) is 11. The lowest BCUT2D eigenvalue weighted by Gasteiger charge is -2.55. The zero-order valence-corrected chi connectivity index (χ0v) is 30.9. The van der Waals surface area contributed by atoms with Gasteiger partial charge >= 0.3 is 12.2 Å². The van der Waals surface area contributed by atoms with Gasteiger partial charge in [0.25, 0.3) is 0 Å². The van der Waals surface area contributed by atoms with E-state index in [0.717, 1.165) is 31.7 Å². The molecular weight excluding hydrogens is 741 g/mol. The van der Waals surface area contributed by atoms with Crippen molar-refractivity contribution in [3.8, 4) is 41.2 Å². The van der Waals surface area contributed by atoms with E-state index in [-0.39, 0.29) is 108 Å². The van der Waals surface area contributed by atoms with Gasteiger partial charge in [0, 0.05) is 47.8 Å². The standard InChI is InChI=1S/C40H42F5N5O6/c1-4-25-27(41)9-8-22-15-24(51)16-26(29(22)25)32-31(42)33-30(35(46-32)54-3)34(49-13-14-55-20-37(2,52)19-49)48-36(47-33)56-21-38-10-5-7-28(38)50(12-6-11-38)23-17-39(53,18-23)40(43,44)45/h1,8-9,15-16,23,28,51-53H,5-7,10-14,17-21H2,2-3H3/t23?,28-,37+,38-,39?/m1/s1. The Morgan fingerprint density at radius 3 is 2.55 bits per heavy atom. The fraction of sp³-hybridized carbons (Fsp3) is 0.525. The molecule has 4 fully saturated rings. The van der Waals surface area contributed by atoms with E-state index in [1.807, 2.05) is 0 Å². The van der Waals surface area contributed by atoms with Crippen LogP contribution < -0.4 is 14.4 Å². The summed E-state index contributed by atoms with van der Waals surface area (Å²) in [5.41, 5.74) is -5.25. The average molecular weight is 784 g/mol. The summed E-state index contributed by atoms with van der Waals surface area (Å²) in [6.45, 7) is 2.80. The van der Waals surface area contributed by atoms with Crippen molar-refractivity contribution in [2.45, 2.75) is 81.3 Å². The Hall–Kier alpha value is -4.56. The van der Waals surface area contributed by atoms with Crippen LogP contribution in [0.4, 0.5) is 27.8 Å². The number of fused-ring (bicyclic) bond motifs is 3. The molecule has 2 saturated carbocycles. The van der Waals surface area contributed by atoms with Crippen LogP contribution in [0.15, 0.2) is 24.3 Å². The minimum Gasteiger partial charge on any atom is -0.508 e. The van der Waals surface area contributed by atoms with Gasteiger partial charge in [-0.1, -0.05) is 18.4 Å². The molecule has 2 saturated heterocycles. The lowest BCUT2D eigenvalue weighted by atomic mass is 9.69. The third-order valence-electron chi connectivity index (χ3n) is 12.1. The molecular formula is C40H42F5N5O6. The molecule has 2 aromatic carbocycles. The van der Waals surface area contributed by atoms with E-state index in [4.69, 9.17) is 25.6 Å². The number of β-amino-alcohol motifs (C(OH)–C–C–N with tert-alkyl or cyclic N) is 1. The summed E-state index contributed by atoms with van der Waals surface area (Å²) in [6, 6.07) is 4.45. The number of phenols is 1. The molecule has 56 heavy (non-hydrogen) atoms. The Kier molecular flexibility index (Phi) is 9.46. The van der Waals surface area contributed by atoms with E-state index in [2.05, 4.69) is 20.8 Å². The van der Waals surface area contributed by atoms with Gasteiger partial charge < -0.3 is 34.4 Å². The number of pyridine rings is 1. The van der Waals surface area contributed by atoms with Crippen LogP contribution in [0.5, 0.6) is 17.6 Å². The zero-order valence-electron chi connectivity index (χ0n) is 30.9. The summed E-state index contributed by atoms with van der Waals surface area (Å²) >= 11 is 0. The van der Waals surface area contributed by atoms with Gasteiger partial charge in [-0.2, -0.15) is 23.1 Å². The van der Waals surface area contributed by atoms with Crippen molar-refractivity contribution in [3.05, 3.63) is 41.5 Å². The highest BCUT2D eigenvalue weighted by Crippen LogP contribution is 2.54. The molecule has 8 rings (SSSR count). The first-order valence-corrected chi connectivity index (χ1v) is 18.7. The number of rotatable bonds is 7. The van der Waals surface area contributed by atoms with Crippen molar-refractivity contribution in [1.29, 1.82) is 0 Å². The number of aromatic nitrogens is 3. The number of terminal acetylenes is 1. The van der Waals surface area contributed by atoms with E-state index in [1.54, 1.807) is 11.8 Å². The molecule has 4 heterocycles. The lowest BCUT2D eigenvalue weighted by Crippen LogP contribution is -2.66. The molecule has 0 amide bonds. The Morgan fingerprint density at radius 1 is 1.05 bits per heavy atom. The third-order valence-corrected chi connectivity index (χ3v) is 12.1. The summed E-state index contributed by atoms with van der Waals surface area (Å²) in [5.74, 6) is 0.432. The maximum absolute atomic E-state index is 17.3. The van der Waals surface area contributed by atoms with Crippen LogP contribution in [0.1, 0.15) is 57.4 Å². The number of halogens is 5. The van der Waals surface area contributed by atoms with E-state index in [0.29, 0.717) is 18.4 Å². The molecule has 16 heteroatoms. The van der Waals surface area contributed by atoms with Gasteiger partial charge in [0.15, 0.2) is 11.4 Å². The number of methoxy groups -OCH3 is 1. The highest BCUT2D eigenvalue weighted by atomic mass is 19.4. The summed E-state index contributed by atoms with van der Waals surface area (Å²) in [5, 5.41) is 32.6. The minimum atomic E-state index is -4.70. The Morgan fingerprint density at radius 2 is 1.82 bits per heavy atom. The molecule has 3 atom stereocenters. The van der Waals surface area contributed by atoms with Gasteiger partial charge in [0.1, 0.15) is 39.6 Å². The van der Waals surface area contributed by atoms with Crippen molar-refractivity contribution < 1.29 is 51.5 Å². The number of aromatic hydroxyl groups is 1. The number of likely N-dealkylation sites (tertiary alicyclic amines) is 1. The van der Waals surface area contributed by atoms with Crippen LogP contribution >= 0.6 is 0 Å². The summed E-state index contributed by atoms with van der Waals surface area (Å²) < 4.78 is 90.8. The van der Waals surface area contributed by atoms with Crippen LogP contribution in [0.3, 0.4) is 0 Å². The topological polar surface area (TPSA) is 134 Å². The molecule has 4 aliphatic rings. The zero-order chi connectivity index (χ0) is 39.8. The quantitative estimate of drug-likeness (QED) is 0.154. The summed E-state index contributed by atoms with van der Waals surface area (Å²) in [4.78, 5) is 17.7. The second-order valence-corrected chi connectivity index (χ2v) is 16.0. The minimum absolute atomic E-state index is 0.0118. The molecule has 0 bridgehead atoms. The normalized spacial score (nSPS) is 28.5. The number of anilines is 1. The number of aliphatic hydroxyl groups is 2. The van der Waals surface area contributed by atoms with Gasteiger partial charge in [-0.05, 0) is 62.7 Å². The van der Waals surface area contributed by atoms with Gasteiger partial charge in [0.2, 0.25) is 5.88 Å². The van der Waals surface area contributed by atoms with Crippen LogP contribution in [0.2, 0.25) is 0 Å². The van der Waals surface area contributed by atoms with Crippen molar-refractivity contribution in [1.82, 2.24) is 19.9 Å². The fourth-order valence-electron chi connectivity index (χ4n) is 9.43. The molecule has 3 N–H and O–H groups in total. The number of hydrogen-bond donors (Lipinski definition) is 3. The second-order valence-electron chi connectivity index (χ2n) is 16.0. The van der Waals surface area contributed by atoms with Gasteiger partial charge in [-0.15, -0.1) is 6.42 Å². The summed E-state index contributed by atoms with van der Waals surface area (Å²) in [7, 11) is 1.33. The Labute approximate surface area is 319 Å². The largest absolute Gasteiger partial charge is 0.508 e. The molecule has 0 unspecified atom stereocenters. The van der Waals surface area contributed by atoms with Crippen LogP contribution in [0, 0.1) is 29.4 Å². The highest BCUT2D eigenvalue weighted by molar-refractivity contribution is 6.04. The van der Waals surface area contributed by atoms with Crippen molar-refractivity contribution in [2.24, 2.45) is 5.41 Å². The van der Waals surface area contributed by atoms with E-state index >= 15 is 8.78 Å². The first kappa shape index (κ1) is 38.3. The predicted octanol–water partition coefficient (Wildman–Crippen LogP) is 5.88. The number of ether oxygens (including phenoxy) is 3. The Bertz CT molecular complexity index is 2240. The predicted molar refractivity (Wildman–Crippen MR) is 196 cm³/mol. The molecule has 2 aliphatic heterocycles. The number of piperidine rings is 1. The fourth-order valence-corrected chi connectivity index (χ4v) is 9.43. The van der Waals surface area contributed by atoms with Gasteiger partial charge in [-0.3, -0.25) is 4.90 Å². The third kappa shape index (κ3) is 6.42. The van der Waals surface area contributed by atoms with E-state index in [1.165, 1.54) is 25.3 Å². The molecule has 2 aliphatic carbocycles. The maximum Gasteiger partial charge on any atom is 0.417 e.